The van der Waals surface area contributed by atoms with Crippen molar-refractivity contribution >= 4 is 12.4 Å². The fourth-order valence-electron chi connectivity index (χ4n) is 5.16. The maximum atomic E-state index is 12.9. The zero-order valence-electron chi connectivity index (χ0n) is 18.8. The van der Waals surface area contributed by atoms with Crippen LogP contribution in [0.5, 0.6) is 5.75 Å². The summed E-state index contributed by atoms with van der Waals surface area (Å²) in [6, 6.07) is 4.71. The molecule has 33 heavy (non-hydrogen) atoms. The summed E-state index contributed by atoms with van der Waals surface area (Å²) in [6.07, 6.45) is 1.05. The van der Waals surface area contributed by atoms with Crippen LogP contribution in [-0.2, 0) is 16.0 Å². The number of rotatable bonds is 8. The van der Waals surface area contributed by atoms with Crippen LogP contribution in [0.2, 0.25) is 0 Å². The first-order valence-corrected chi connectivity index (χ1v) is 11.6. The molecule has 0 aromatic heterocycles. The zero-order chi connectivity index (χ0) is 23.6. The topological polar surface area (TPSA) is 67.9 Å². The van der Waals surface area contributed by atoms with Crippen molar-refractivity contribution in [2.75, 3.05) is 20.3 Å². The van der Waals surface area contributed by atoms with Crippen LogP contribution in [0.3, 0.4) is 0 Å². The predicted molar refractivity (Wildman–Crippen MR) is 115 cm³/mol. The van der Waals surface area contributed by atoms with Crippen LogP contribution in [0.15, 0.2) is 18.2 Å². The number of hydrogen-bond acceptors (Lipinski definition) is 4. The highest BCUT2D eigenvalue weighted by atomic mass is 19.4. The third-order valence-corrected chi connectivity index (χ3v) is 7.32. The molecule has 2 saturated carbocycles. The van der Waals surface area contributed by atoms with E-state index in [4.69, 9.17) is 9.47 Å². The second kappa shape index (κ2) is 9.52. The molecule has 1 unspecified atom stereocenters. The number of hydrogen-bond donors (Lipinski definition) is 1. The van der Waals surface area contributed by atoms with E-state index in [0.717, 1.165) is 49.0 Å². The number of carbonyl (C=O) groups is 2. The maximum absolute atomic E-state index is 12.9. The van der Waals surface area contributed by atoms with Crippen molar-refractivity contribution in [3.8, 4) is 5.75 Å². The molecule has 1 spiro atoms. The van der Waals surface area contributed by atoms with Crippen molar-refractivity contribution in [1.29, 1.82) is 0 Å². The van der Waals surface area contributed by atoms with Crippen LogP contribution in [0.1, 0.15) is 62.1 Å². The number of fused-ring (bicyclic) bond motifs is 1. The van der Waals surface area contributed by atoms with Gasteiger partial charge in [-0.15, -0.1) is 0 Å². The lowest BCUT2D eigenvalue weighted by Crippen LogP contribution is -2.47. The maximum Gasteiger partial charge on any atom is 0.390 e. The van der Waals surface area contributed by atoms with Crippen molar-refractivity contribution in [2.45, 2.75) is 69.7 Å². The molecule has 3 aliphatic carbocycles. The Bertz CT molecular complexity index is 864. The second-order valence-electron chi connectivity index (χ2n) is 9.64. The van der Waals surface area contributed by atoms with E-state index in [1.165, 1.54) is 12.8 Å². The van der Waals surface area contributed by atoms with Crippen molar-refractivity contribution in [3.05, 3.63) is 29.3 Å². The lowest BCUT2D eigenvalue weighted by atomic mass is 9.68. The summed E-state index contributed by atoms with van der Waals surface area (Å²) in [4.78, 5) is 24.9. The van der Waals surface area contributed by atoms with Crippen molar-refractivity contribution in [2.24, 2.45) is 11.3 Å². The molecule has 3 amide bonds. The van der Waals surface area contributed by atoms with Gasteiger partial charge in [-0.3, -0.25) is 9.69 Å². The minimum Gasteiger partial charge on any atom is -0.493 e. The Balaban J connectivity index is 1.55. The van der Waals surface area contributed by atoms with Gasteiger partial charge in [-0.2, -0.15) is 13.2 Å². The largest absolute Gasteiger partial charge is 0.493 e. The molecule has 1 atom stereocenters. The normalized spacial score (nSPS) is 26.7. The van der Waals surface area contributed by atoms with E-state index in [9.17, 15) is 22.8 Å². The number of imide groups is 1. The Morgan fingerprint density at radius 2 is 1.97 bits per heavy atom. The number of ether oxygens (including phenoxy) is 2. The monoisotopic (exact) mass is 468 g/mol. The number of methoxy groups -OCH3 is 1. The molecule has 0 heterocycles. The summed E-state index contributed by atoms with van der Waals surface area (Å²) in [5.41, 5.74) is 1.76. The van der Waals surface area contributed by atoms with E-state index >= 15 is 0 Å². The number of urea groups is 1. The fraction of sp³-hybridized carbons (Fsp3) is 0.667. The van der Waals surface area contributed by atoms with E-state index in [1.807, 2.05) is 18.2 Å². The van der Waals surface area contributed by atoms with Crippen molar-refractivity contribution in [3.63, 3.8) is 0 Å². The SMILES string of the molecule is COC1CCC2(CC1)Cc1ccc(OCC3CC3)cc1C2NC(=O)N(C=O)CCC(F)(F)F. The minimum atomic E-state index is -4.45. The van der Waals surface area contributed by atoms with Gasteiger partial charge in [0.1, 0.15) is 5.75 Å². The molecule has 182 valence electrons. The van der Waals surface area contributed by atoms with Gasteiger partial charge in [-0.1, -0.05) is 6.07 Å². The van der Waals surface area contributed by atoms with E-state index in [0.29, 0.717) is 17.4 Å². The average molecular weight is 469 g/mol. The lowest BCUT2D eigenvalue weighted by molar-refractivity contribution is -0.138. The van der Waals surface area contributed by atoms with E-state index < -0.39 is 31.2 Å². The standard InChI is InChI=1S/C24H31F3N2O4/c1-32-18-6-8-23(9-7-18)13-17-4-5-19(33-14-16-2-3-16)12-20(17)21(23)28-22(31)29(15-30)11-10-24(25,26)27/h4-5,12,15-16,18,21H,2-3,6-11,13-14H2,1H3,(H,28,31). The van der Waals surface area contributed by atoms with Crippen molar-refractivity contribution < 1.29 is 32.2 Å². The molecule has 0 radical (unpaired) electrons. The van der Waals surface area contributed by atoms with E-state index in [2.05, 4.69) is 5.32 Å². The first-order chi connectivity index (χ1) is 15.7. The molecule has 1 N–H and O–H groups in total. The summed E-state index contributed by atoms with van der Waals surface area (Å²) in [6.45, 7) is -0.0471. The number of benzene rings is 1. The van der Waals surface area contributed by atoms with Gasteiger partial charge in [0.25, 0.3) is 0 Å². The molecule has 0 bridgehead atoms. The second-order valence-corrected chi connectivity index (χ2v) is 9.64. The molecule has 0 saturated heterocycles. The molecule has 2 fully saturated rings. The van der Waals surface area contributed by atoms with Gasteiger partial charge in [0.15, 0.2) is 0 Å². The van der Waals surface area contributed by atoms with Gasteiger partial charge in [0, 0.05) is 13.7 Å². The minimum absolute atomic E-state index is 0.159. The van der Waals surface area contributed by atoms with Gasteiger partial charge in [0.05, 0.1) is 25.2 Å². The number of amides is 3. The predicted octanol–water partition coefficient (Wildman–Crippen LogP) is 4.77. The molecule has 0 aliphatic heterocycles. The Morgan fingerprint density at radius 1 is 1.24 bits per heavy atom. The summed E-state index contributed by atoms with van der Waals surface area (Å²) >= 11 is 0. The Kier molecular flexibility index (Phi) is 6.88. The smallest absolute Gasteiger partial charge is 0.390 e. The molecule has 1 aromatic carbocycles. The quantitative estimate of drug-likeness (QED) is 0.558. The molecule has 3 aliphatic rings. The fourth-order valence-corrected chi connectivity index (χ4v) is 5.16. The molecular formula is C24H31F3N2O4. The van der Waals surface area contributed by atoms with E-state index in [1.54, 1.807) is 7.11 Å². The highest BCUT2D eigenvalue weighted by Crippen LogP contribution is 2.55. The average Bonchev–Trinajstić information content (AvgIpc) is 3.57. The summed E-state index contributed by atoms with van der Waals surface area (Å²) < 4.78 is 49.4. The summed E-state index contributed by atoms with van der Waals surface area (Å²) in [7, 11) is 1.69. The Hall–Kier alpha value is -2.29. The molecular weight excluding hydrogens is 437 g/mol. The first kappa shape index (κ1) is 23.9. The van der Waals surface area contributed by atoms with Gasteiger partial charge in [-0.25, -0.2) is 4.79 Å². The van der Waals surface area contributed by atoms with Crippen LogP contribution in [0, 0.1) is 11.3 Å². The summed E-state index contributed by atoms with van der Waals surface area (Å²) in [5, 5.41) is 2.91. The van der Waals surface area contributed by atoms with Crippen LogP contribution in [0.4, 0.5) is 18.0 Å². The third kappa shape index (κ3) is 5.62. The van der Waals surface area contributed by atoms with E-state index in [-0.39, 0.29) is 17.9 Å². The lowest BCUT2D eigenvalue weighted by Gasteiger charge is -2.42. The van der Waals surface area contributed by atoms with Gasteiger partial charge in [-0.05, 0) is 79.5 Å². The van der Waals surface area contributed by atoms with Crippen LogP contribution < -0.4 is 10.1 Å². The van der Waals surface area contributed by atoms with Gasteiger partial charge in [0.2, 0.25) is 6.41 Å². The van der Waals surface area contributed by atoms with Gasteiger partial charge < -0.3 is 14.8 Å². The number of nitrogens with zero attached hydrogens (tertiary/aromatic N) is 1. The number of halogens is 3. The Labute approximate surface area is 191 Å². The highest BCUT2D eigenvalue weighted by molar-refractivity contribution is 5.85. The number of alkyl halides is 3. The highest BCUT2D eigenvalue weighted by Gasteiger charge is 2.49. The molecule has 4 rings (SSSR count). The van der Waals surface area contributed by atoms with Crippen molar-refractivity contribution in [1.82, 2.24) is 10.2 Å². The third-order valence-electron chi connectivity index (χ3n) is 7.32. The number of nitrogens with one attached hydrogen (secondary N) is 1. The van der Waals surface area contributed by atoms with Crippen LogP contribution >= 0.6 is 0 Å². The zero-order valence-corrected chi connectivity index (χ0v) is 18.8. The first-order valence-electron chi connectivity index (χ1n) is 11.6. The number of carbonyl (C=O) groups excluding carboxylic acids is 2. The van der Waals surface area contributed by atoms with Gasteiger partial charge >= 0.3 is 12.2 Å². The van der Waals surface area contributed by atoms with Crippen LogP contribution in [-0.4, -0.2) is 49.9 Å². The van der Waals surface area contributed by atoms with Crippen LogP contribution in [0.25, 0.3) is 0 Å². The summed E-state index contributed by atoms with van der Waals surface area (Å²) in [5.74, 6) is 1.33. The molecule has 1 aromatic rings. The molecule has 9 heteroatoms. The Morgan fingerprint density at radius 3 is 2.58 bits per heavy atom. The molecule has 6 nitrogen and oxygen atoms in total.